The minimum Gasteiger partial charge on any atom is -0.310 e. The third kappa shape index (κ3) is 6.26. The number of anilines is 3. The number of fused-ring (bicyclic) bond motifs is 3. The maximum atomic E-state index is 2.41. The highest BCUT2D eigenvalue weighted by Crippen LogP contribution is 2.46. The van der Waals surface area contributed by atoms with E-state index in [1.54, 1.807) is 0 Å². The van der Waals surface area contributed by atoms with Crippen LogP contribution < -0.4 is 4.90 Å². The lowest BCUT2D eigenvalue weighted by atomic mass is 9.91. The van der Waals surface area contributed by atoms with Crippen molar-refractivity contribution in [2.24, 2.45) is 0 Å². The summed E-state index contributed by atoms with van der Waals surface area (Å²) in [7, 11) is 0. The Morgan fingerprint density at radius 1 is 0.286 bits per heavy atom. The molecule has 0 saturated heterocycles. The van der Waals surface area contributed by atoms with E-state index in [-0.39, 0.29) is 0 Å². The quantitative estimate of drug-likeness (QED) is 0.150. The summed E-state index contributed by atoms with van der Waals surface area (Å²) in [4.78, 5) is 2.41. The maximum Gasteiger partial charge on any atom is 0.0540 e. The van der Waals surface area contributed by atoms with Gasteiger partial charge in [0.2, 0.25) is 0 Å². The monoisotopic (exact) mass is 731 g/mol. The van der Waals surface area contributed by atoms with Crippen LogP contribution in [0.2, 0.25) is 0 Å². The smallest absolute Gasteiger partial charge is 0.0540 e. The molecule has 0 saturated carbocycles. The molecule has 0 atom stereocenters. The van der Waals surface area contributed by atoms with Gasteiger partial charge in [-0.05, 0) is 87.0 Å². The normalized spacial score (nSPS) is 11.2. The molecule has 1 heterocycles. The Bertz CT molecular complexity index is 2930. The van der Waals surface area contributed by atoms with Crippen LogP contribution in [0.1, 0.15) is 0 Å². The topological polar surface area (TPSA) is 3.24 Å². The second-order valence-corrected chi connectivity index (χ2v) is 15.1. The van der Waals surface area contributed by atoms with Crippen molar-refractivity contribution in [3.8, 4) is 55.6 Å². The molecule has 10 aromatic rings. The van der Waals surface area contributed by atoms with Crippen LogP contribution in [0.5, 0.6) is 0 Å². The van der Waals surface area contributed by atoms with Gasteiger partial charge >= 0.3 is 0 Å². The summed E-state index contributed by atoms with van der Waals surface area (Å²) in [5, 5.41) is 2.61. The predicted molar refractivity (Wildman–Crippen MR) is 241 cm³/mol. The SMILES string of the molecule is c1ccc(-c2ccc(N(c3ccc(-c4ccc(-c5ccccc5)c(-c5ccccc5)c4)cc3)c3ccccc3-c3cccc4c3sc3ccccc34)cc2)cc1. The van der Waals surface area contributed by atoms with Crippen molar-refractivity contribution in [2.45, 2.75) is 0 Å². The predicted octanol–water partition coefficient (Wildman–Crippen LogP) is 15.9. The van der Waals surface area contributed by atoms with Crippen molar-refractivity contribution in [3.63, 3.8) is 0 Å². The highest BCUT2D eigenvalue weighted by Gasteiger charge is 2.20. The number of benzene rings is 9. The molecule has 0 amide bonds. The van der Waals surface area contributed by atoms with Gasteiger partial charge in [0, 0.05) is 42.7 Å². The van der Waals surface area contributed by atoms with Crippen molar-refractivity contribution in [1.29, 1.82) is 0 Å². The average Bonchev–Trinajstić information content (AvgIpc) is 3.67. The standard InChI is InChI=1S/C54H37NS/c1-4-15-38(16-5-1)39-27-32-44(33-28-39)55(52-25-12-10-21-47(52)49-23-14-24-50-48-22-11-13-26-53(48)56-54(49)50)45-34-29-40(30-35-45)43-31-36-46(41-17-6-2-7-18-41)51(37-43)42-19-8-3-9-20-42/h1-37H. The van der Waals surface area contributed by atoms with Crippen LogP contribution in [0.4, 0.5) is 17.1 Å². The van der Waals surface area contributed by atoms with Gasteiger partial charge in [-0.1, -0.05) is 182 Å². The lowest BCUT2D eigenvalue weighted by molar-refractivity contribution is 1.28. The van der Waals surface area contributed by atoms with Crippen molar-refractivity contribution in [1.82, 2.24) is 0 Å². The van der Waals surface area contributed by atoms with Crippen LogP contribution in [-0.2, 0) is 0 Å². The fraction of sp³-hybridized carbons (Fsp3) is 0. The van der Waals surface area contributed by atoms with Crippen LogP contribution in [0.25, 0.3) is 75.8 Å². The van der Waals surface area contributed by atoms with Gasteiger partial charge in [0.1, 0.15) is 0 Å². The largest absolute Gasteiger partial charge is 0.310 e. The van der Waals surface area contributed by atoms with Crippen molar-refractivity contribution < 1.29 is 0 Å². The van der Waals surface area contributed by atoms with Crippen LogP contribution >= 0.6 is 11.3 Å². The van der Waals surface area contributed by atoms with Crippen LogP contribution in [0, 0.1) is 0 Å². The fourth-order valence-electron chi connectivity index (χ4n) is 7.97. The zero-order valence-electron chi connectivity index (χ0n) is 30.7. The van der Waals surface area contributed by atoms with Gasteiger partial charge < -0.3 is 4.90 Å². The first-order chi connectivity index (χ1) is 27.8. The molecule has 0 bridgehead atoms. The van der Waals surface area contributed by atoms with E-state index < -0.39 is 0 Å². The van der Waals surface area contributed by atoms with Crippen LogP contribution in [-0.4, -0.2) is 0 Å². The van der Waals surface area contributed by atoms with Crippen LogP contribution in [0.3, 0.4) is 0 Å². The molecule has 0 aliphatic carbocycles. The van der Waals surface area contributed by atoms with E-state index in [0.29, 0.717) is 0 Å². The molecule has 0 aliphatic rings. The Morgan fingerprint density at radius 3 is 1.45 bits per heavy atom. The van der Waals surface area contributed by atoms with E-state index >= 15 is 0 Å². The summed E-state index contributed by atoms with van der Waals surface area (Å²) in [6.45, 7) is 0. The molecule has 0 unspecified atom stereocenters. The van der Waals surface area contributed by atoms with Gasteiger partial charge in [-0.15, -0.1) is 11.3 Å². The zero-order chi connectivity index (χ0) is 37.3. The second-order valence-electron chi connectivity index (χ2n) is 14.1. The molecule has 9 aromatic carbocycles. The molecule has 0 N–H and O–H groups in total. The van der Waals surface area contributed by atoms with Crippen molar-refractivity contribution in [2.75, 3.05) is 4.90 Å². The summed E-state index contributed by atoms with van der Waals surface area (Å²) >= 11 is 1.87. The first-order valence-corrected chi connectivity index (χ1v) is 19.9. The molecule has 0 aliphatic heterocycles. The highest BCUT2D eigenvalue weighted by atomic mass is 32.1. The minimum atomic E-state index is 1.10. The highest BCUT2D eigenvalue weighted by molar-refractivity contribution is 7.26. The number of para-hydroxylation sites is 1. The molecule has 0 fully saturated rings. The summed E-state index contributed by atoms with van der Waals surface area (Å²) in [5.74, 6) is 0. The Balaban J connectivity index is 1.10. The van der Waals surface area contributed by atoms with Gasteiger partial charge in [-0.2, -0.15) is 0 Å². The molecule has 10 rings (SSSR count). The molecule has 264 valence electrons. The maximum absolute atomic E-state index is 2.41. The molecule has 2 heteroatoms. The third-order valence-corrected chi connectivity index (χ3v) is 11.9. The number of rotatable bonds is 8. The molecule has 1 aromatic heterocycles. The number of nitrogens with zero attached hydrogens (tertiary/aromatic N) is 1. The summed E-state index contributed by atoms with van der Waals surface area (Å²) in [6.07, 6.45) is 0. The summed E-state index contributed by atoms with van der Waals surface area (Å²) in [6, 6.07) is 81.2. The number of thiophene rings is 1. The van der Waals surface area contributed by atoms with Gasteiger partial charge in [-0.3, -0.25) is 0 Å². The van der Waals surface area contributed by atoms with E-state index in [9.17, 15) is 0 Å². The lowest BCUT2D eigenvalue weighted by Gasteiger charge is -2.28. The van der Waals surface area contributed by atoms with E-state index in [1.165, 1.54) is 75.8 Å². The first-order valence-electron chi connectivity index (χ1n) is 19.1. The van der Waals surface area contributed by atoms with E-state index in [4.69, 9.17) is 0 Å². The minimum absolute atomic E-state index is 1.10. The number of hydrogen-bond donors (Lipinski definition) is 0. The molecule has 0 spiro atoms. The summed E-state index contributed by atoms with van der Waals surface area (Å²) < 4.78 is 2.62. The average molecular weight is 732 g/mol. The van der Waals surface area contributed by atoms with Gasteiger partial charge in [0.25, 0.3) is 0 Å². The fourth-order valence-corrected chi connectivity index (χ4v) is 9.20. The Morgan fingerprint density at radius 2 is 0.768 bits per heavy atom. The van der Waals surface area contributed by atoms with Gasteiger partial charge in [0.05, 0.1) is 5.69 Å². The Labute approximate surface area is 332 Å². The summed E-state index contributed by atoms with van der Waals surface area (Å²) in [5.41, 5.74) is 15.4. The molecular formula is C54H37NS. The van der Waals surface area contributed by atoms with Crippen molar-refractivity contribution in [3.05, 3.63) is 224 Å². The second kappa shape index (κ2) is 14.7. The van der Waals surface area contributed by atoms with Crippen molar-refractivity contribution >= 4 is 48.6 Å². The zero-order valence-corrected chi connectivity index (χ0v) is 31.5. The van der Waals surface area contributed by atoms with Crippen LogP contribution in [0.15, 0.2) is 224 Å². The van der Waals surface area contributed by atoms with Gasteiger partial charge in [0.15, 0.2) is 0 Å². The van der Waals surface area contributed by atoms with E-state index in [1.807, 2.05) is 11.3 Å². The van der Waals surface area contributed by atoms with Gasteiger partial charge in [-0.25, -0.2) is 0 Å². The van der Waals surface area contributed by atoms with E-state index in [0.717, 1.165) is 17.1 Å². The Hall–Kier alpha value is -7.00. The molecule has 56 heavy (non-hydrogen) atoms. The lowest BCUT2D eigenvalue weighted by Crippen LogP contribution is -2.11. The Kier molecular flexibility index (Phi) is 8.79. The molecular weight excluding hydrogens is 695 g/mol. The first kappa shape index (κ1) is 33.6. The molecule has 1 nitrogen and oxygen atoms in total. The number of hydrogen-bond acceptors (Lipinski definition) is 2. The molecule has 0 radical (unpaired) electrons. The van der Waals surface area contributed by atoms with E-state index in [2.05, 4.69) is 229 Å². The third-order valence-electron chi connectivity index (χ3n) is 10.7.